The largest absolute Gasteiger partial charge is 0.462 e. The monoisotopic (exact) mass is 265 g/mol. The van der Waals surface area contributed by atoms with Crippen LogP contribution in [0.3, 0.4) is 0 Å². The molecule has 0 fully saturated rings. The quantitative estimate of drug-likeness (QED) is 0.269. The van der Waals surface area contributed by atoms with E-state index in [1.165, 1.54) is 30.5 Å². The highest BCUT2D eigenvalue weighted by Crippen LogP contribution is 2.12. The molecule has 0 aliphatic rings. The van der Waals surface area contributed by atoms with E-state index in [0.717, 1.165) is 0 Å². The lowest BCUT2D eigenvalue weighted by Crippen LogP contribution is -2.19. The molecule has 0 saturated heterocycles. The smallest absolute Gasteiger partial charge is 0.343 e. The third kappa shape index (κ3) is 4.21. The van der Waals surface area contributed by atoms with Crippen molar-refractivity contribution in [1.29, 1.82) is 0 Å². The van der Waals surface area contributed by atoms with E-state index >= 15 is 0 Å². The molecule has 0 radical (unpaired) electrons. The van der Waals surface area contributed by atoms with Gasteiger partial charge in [-0.25, -0.2) is 9.18 Å². The summed E-state index contributed by atoms with van der Waals surface area (Å²) >= 11 is 0. The summed E-state index contributed by atoms with van der Waals surface area (Å²) in [6, 6.07) is 5.01. The molecule has 0 saturated carbocycles. The molecule has 102 valence electrons. The van der Waals surface area contributed by atoms with Gasteiger partial charge in [0.1, 0.15) is 11.4 Å². The summed E-state index contributed by atoms with van der Waals surface area (Å²) in [6.07, 6.45) is 1.39. The zero-order chi connectivity index (χ0) is 14.4. The molecule has 1 aromatic rings. The van der Waals surface area contributed by atoms with Crippen LogP contribution in [0.5, 0.6) is 0 Å². The molecule has 5 heteroatoms. The SMILES string of the molecule is CCOC(=O)/C(=C/N(C)C)C(=O)c1ccc(F)cc1. The van der Waals surface area contributed by atoms with E-state index in [1.54, 1.807) is 25.9 Å². The second-order valence-electron chi connectivity index (χ2n) is 4.06. The Bertz CT molecular complexity index is 492. The maximum atomic E-state index is 12.8. The van der Waals surface area contributed by atoms with Crippen LogP contribution in [-0.2, 0) is 9.53 Å². The fraction of sp³-hybridized carbons (Fsp3) is 0.286. The highest BCUT2D eigenvalue weighted by Gasteiger charge is 2.21. The molecule has 1 aromatic carbocycles. The van der Waals surface area contributed by atoms with E-state index < -0.39 is 17.6 Å². The number of esters is 1. The number of hydrogen-bond donors (Lipinski definition) is 0. The van der Waals surface area contributed by atoms with Crippen molar-refractivity contribution in [3.63, 3.8) is 0 Å². The average molecular weight is 265 g/mol. The summed E-state index contributed by atoms with van der Waals surface area (Å²) in [7, 11) is 3.38. The molecular weight excluding hydrogens is 249 g/mol. The van der Waals surface area contributed by atoms with Gasteiger partial charge in [-0.2, -0.15) is 0 Å². The minimum absolute atomic E-state index is 0.0848. The minimum atomic E-state index is -0.689. The zero-order valence-electron chi connectivity index (χ0n) is 11.1. The van der Waals surface area contributed by atoms with E-state index in [1.807, 2.05) is 0 Å². The van der Waals surface area contributed by atoms with Crippen LogP contribution in [0.4, 0.5) is 4.39 Å². The molecule has 0 aliphatic carbocycles. The summed E-state index contributed by atoms with van der Waals surface area (Å²) in [5.41, 5.74) is 0.154. The molecule has 0 bridgehead atoms. The Kier molecular flexibility index (Phi) is 5.23. The van der Waals surface area contributed by atoms with Crippen molar-refractivity contribution in [1.82, 2.24) is 4.90 Å². The first-order valence-corrected chi connectivity index (χ1v) is 5.81. The van der Waals surface area contributed by atoms with Gasteiger partial charge in [0.2, 0.25) is 5.78 Å². The Morgan fingerprint density at radius 1 is 1.26 bits per heavy atom. The molecule has 0 unspecified atom stereocenters. The van der Waals surface area contributed by atoms with Crippen molar-refractivity contribution >= 4 is 11.8 Å². The Labute approximate surface area is 111 Å². The average Bonchev–Trinajstić information content (AvgIpc) is 2.36. The summed E-state index contributed by atoms with van der Waals surface area (Å²) < 4.78 is 17.7. The third-order valence-electron chi connectivity index (χ3n) is 2.23. The first-order valence-electron chi connectivity index (χ1n) is 5.81. The van der Waals surface area contributed by atoms with Crippen LogP contribution in [0.25, 0.3) is 0 Å². The first kappa shape index (κ1) is 14.9. The minimum Gasteiger partial charge on any atom is -0.462 e. The number of ketones is 1. The number of carbonyl (C=O) groups is 2. The number of benzene rings is 1. The molecule has 0 atom stereocenters. The predicted molar refractivity (Wildman–Crippen MR) is 69.1 cm³/mol. The van der Waals surface area contributed by atoms with Crippen molar-refractivity contribution in [3.8, 4) is 0 Å². The molecule has 4 nitrogen and oxygen atoms in total. The standard InChI is InChI=1S/C14H16FNO3/c1-4-19-14(18)12(9-16(2)3)13(17)10-5-7-11(15)8-6-10/h5-9H,4H2,1-3H3/b12-9+. The van der Waals surface area contributed by atoms with Crippen LogP contribution >= 0.6 is 0 Å². The van der Waals surface area contributed by atoms with Crippen LogP contribution in [0.2, 0.25) is 0 Å². The van der Waals surface area contributed by atoms with Crippen LogP contribution < -0.4 is 0 Å². The second-order valence-corrected chi connectivity index (χ2v) is 4.06. The molecule has 1 rings (SSSR count). The van der Waals surface area contributed by atoms with Gasteiger partial charge in [0.25, 0.3) is 0 Å². The number of rotatable bonds is 5. The lowest BCUT2D eigenvalue weighted by atomic mass is 10.0. The van der Waals surface area contributed by atoms with Gasteiger partial charge < -0.3 is 9.64 Å². The van der Waals surface area contributed by atoms with E-state index in [0.29, 0.717) is 0 Å². The second kappa shape index (κ2) is 6.68. The lowest BCUT2D eigenvalue weighted by Gasteiger charge is -2.10. The highest BCUT2D eigenvalue weighted by atomic mass is 19.1. The van der Waals surface area contributed by atoms with Crippen LogP contribution in [0.15, 0.2) is 36.0 Å². The number of halogens is 1. The normalized spacial score (nSPS) is 11.1. The Morgan fingerprint density at radius 3 is 2.32 bits per heavy atom. The zero-order valence-corrected chi connectivity index (χ0v) is 11.1. The van der Waals surface area contributed by atoms with Gasteiger partial charge in [-0.1, -0.05) is 0 Å². The Morgan fingerprint density at radius 2 is 1.84 bits per heavy atom. The highest BCUT2D eigenvalue weighted by molar-refractivity contribution is 6.24. The number of nitrogens with zero attached hydrogens (tertiary/aromatic N) is 1. The lowest BCUT2D eigenvalue weighted by molar-refractivity contribution is -0.138. The molecule has 0 aromatic heterocycles. The van der Waals surface area contributed by atoms with Crippen molar-refractivity contribution in [2.45, 2.75) is 6.92 Å². The van der Waals surface area contributed by atoms with E-state index in [-0.39, 0.29) is 17.7 Å². The van der Waals surface area contributed by atoms with Gasteiger partial charge in [-0.3, -0.25) is 4.79 Å². The molecule has 19 heavy (non-hydrogen) atoms. The summed E-state index contributed by atoms with van der Waals surface area (Å²) in [6.45, 7) is 1.84. The van der Waals surface area contributed by atoms with Crippen molar-refractivity contribution in [2.24, 2.45) is 0 Å². The number of ether oxygens (including phenoxy) is 1. The van der Waals surface area contributed by atoms with Gasteiger partial charge in [0.15, 0.2) is 0 Å². The van der Waals surface area contributed by atoms with Crippen LogP contribution in [-0.4, -0.2) is 37.4 Å². The molecule has 0 amide bonds. The van der Waals surface area contributed by atoms with Crippen molar-refractivity contribution < 1.29 is 18.7 Å². The summed E-state index contributed by atoms with van der Waals surface area (Å²) in [5.74, 6) is -1.62. The van der Waals surface area contributed by atoms with E-state index in [9.17, 15) is 14.0 Å². The molecule has 0 aliphatic heterocycles. The van der Waals surface area contributed by atoms with E-state index in [2.05, 4.69) is 0 Å². The van der Waals surface area contributed by atoms with Gasteiger partial charge in [0.05, 0.1) is 6.61 Å². The van der Waals surface area contributed by atoms with Gasteiger partial charge in [-0.15, -0.1) is 0 Å². The van der Waals surface area contributed by atoms with Gasteiger partial charge in [-0.05, 0) is 31.2 Å². The summed E-state index contributed by atoms with van der Waals surface area (Å²) in [5, 5.41) is 0. The van der Waals surface area contributed by atoms with Crippen molar-refractivity contribution in [3.05, 3.63) is 47.4 Å². The fourth-order valence-electron chi connectivity index (χ4n) is 1.43. The number of Topliss-reactive ketones (excluding diaryl/α,β-unsaturated/α-hetero) is 1. The Hall–Kier alpha value is -2.17. The summed E-state index contributed by atoms with van der Waals surface area (Å²) in [4.78, 5) is 25.5. The van der Waals surface area contributed by atoms with Gasteiger partial charge in [0, 0.05) is 25.9 Å². The maximum Gasteiger partial charge on any atom is 0.343 e. The number of carbonyl (C=O) groups excluding carboxylic acids is 2. The fourth-order valence-corrected chi connectivity index (χ4v) is 1.43. The molecule has 0 spiro atoms. The van der Waals surface area contributed by atoms with E-state index in [4.69, 9.17) is 4.74 Å². The van der Waals surface area contributed by atoms with Crippen LogP contribution in [0.1, 0.15) is 17.3 Å². The predicted octanol–water partition coefficient (Wildman–Crippen LogP) is 2.02. The maximum absolute atomic E-state index is 12.8. The first-order chi connectivity index (χ1) is 8.95. The van der Waals surface area contributed by atoms with Crippen molar-refractivity contribution in [2.75, 3.05) is 20.7 Å². The topological polar surface area (TPSA) is 46.6 Å². The Balaban J connectivity index is 3.08. The van der Waals surface area contributed by atoms with Crippen LogP contribution in [0, 0.1) is 5.82 Å². The van der Waals surface area contributed by atoms with Gasteiger partial charge >= 0.3 is 5.97 Å². The molecule has 0 heterocycles. The molecular formula is C14H16FNO3. The number of hydrogen-bond acceptors (Lipinski definition) is 4. The molecule has 0 N–H and O–H groups in total. The third-order valence-corrected chi connectivity index (χ3v) is 2.23.